The average molecular weight is 287 g/mol. The van der Waals surface area contributed by atoms with Crippen molar-refractivity contribution in [2.24, 2.45) is 0 Å². The predicted molar refractivity (Wildman–Crippen MR) is 86.1 cm³/mol. The number of hydrogen-bond donors (Lipinski definition) is 1. The second-order valence-corrected chi connectivity index (χ2v) is 6.06. The van der Waals surface area contributed by atoms with Crippen molar-refractivity contribution in [2.75, 3.05) is 44.6 Å². The lowest BCUT2D eigenvalue weighted by Gasteiger charge is -2.37. The molecule has 3 rings (SSSR count). The topological polar surface area (TPSA) is 35.6 Å². The van der Waals surface area contributed by atoms with Crippen LogP contribution in [0.2, 0.25) is 0 Å². The number of hydrogen-bond acceptors (Lipinski definition) is 4. The lowest BCUT2D eigenvalue weighted by Crippen LogP contribution is -2.51. The predicted octanol–water partition coefficient (Wildman–Crippen LogP) is 1.86. The van der Waals surface area contributed by atoms with Crippen molar-refractivity contribution in [3.63, 3.8) is 0 Å². The maximum absolute atomic E-state index is 12.7. The second-order valence-electron chi connectivity index (χ2n) is 6.06. The first-order valence-electron chi connectivity index (χ1n) is 8.06. The molecule has 1 aromatic rings. The van der Waals surface area contributed by atoms with Crippen molar-refractivity contribution in [2.45, 2.75) is 26.3 Å². The number of anilines is 1. The number of fused-ring (bicyclic) bond motifs is 1. The van der Waals surface area contributed by atoms with Gasteiger partial charge in [0, 0.05) is 44.0 Å². The minimum absolute atomic E-state index is 0.0172. The summed E-state index contributed by atoms with van der Waals surface area (Å²) >= 11 is 0. The Balaban J connectivity index is 1.67. The van der Waals surface area contributed by atoms with Gasteiger partial charge in [0.15, 0.2) is 5.78 Å². The van der Waals surface area contributed by atoms with E-state index in [-0.39, 0.29) is 11.8 Å². The number of carbonyl (C=O) groups excluding carboxylic acids is 1. The summed E-state index contributed by atoms with van der Waals surface area (Å²) in [6.07, 6.45) is 1.03. The summed E-state index contributed by atoms with van der Waals surface area (Å²) in [4.78, 5) is 17.5. The number of rotatable bonds is 4. The van der Waals surface area contributed by atoms with Gasteiger partial charge in [0.05, 0.1) is 6.04 Å². The summed E-state index contributed by atoms with van der Waals surface area (Å²) in [5.74, 6) is 0.259. The van der Waals surface area contributed by atoms with E-state index in [1.54, 1.807) is 0 Å². The molecule has 0 bridgehead atoms. The molecule has 0 spiro atoms. The molecule has 1 unspecified atom stereocenters. The van der Waals surface area contributed by atoms with Crippen LogP contribution in [-0.4, -0.2) is 60.9 Å². The number of nitrogens with zero attached hydrogens (tertiary/aromatic N) is 2. The normalized spacial score (nSPS) is 20.9. The lowest BCUT2D eigenvalue weighted by atomic mass is 10.00. The Morgan fingerprint density at radius 3 is 2.76 bits per heavy atom. The minimum atomic E-state index is -0.0172. The lowest BCUT2D eigenvalue weighted by molar-refractivity contribution is 0.0710. The molecule has 2 aliphatic rings. The molecule has 21 heavy (non-hydrogen) atoms. The van der Waals surface area contributed by atoms with Gasteiger partial charge in [0.1, 0.15) is 0 Å². The van der Waals surface area contributed by atoms with Crippen LogP contribution in [0.4, 0.5) is 5.69 Å². The van der Waals surface area contributed by atoms with Crippen LogP contribution in [0.3, 0.4) is 0 Å². The van der Waals surface area contributed by atoms with E-state index in [0.717, 1.165) is 51.3 Å². The Kier molecular flexibility index (Phi) is 4.27. The highest BCUT2D eigenvalue weighted by Crippen LogP contribution is 2.24. The van der Waals surface area contributed by atoms with Crippen LogP contribution in [0.25, 0.3) is 0 Å². The molecule has 0 amide bonds. The maximum Gasteiger partial charge on any atom is 0.179 e. The summed E-state index contributed by atoms with van der Waals surface area (Å²) in [6.45, 7) is 10.5. The van der Waals surface area contributed by atoms with Gasteiger partial charge in [-0.15, -0.1) is 0 Å². The van der Waals surface area contributed by atoms with Crippen molar-refractivity contribution in [1.82, 2.24) is 9.80 Å². The molecule has 114 valence electrons. The fourth-order valence-electron chi connectivity index (χ4n) is 3.33. The van der Waals surface area contributed by atoms with Crippen molar-refractivity contribution >= 4 is 11.5 Å². The molecule has 0 saturated carbocycles. The molecule has 1 atom stereocenters. The number of nitrogens with one attached hydrogen (secondary N) is 1. The summed E-state index contributed by atoms with van der Waals surface area (Å²) in [5, 5.41) is 3.34. The number of ketones is 1. The second kappa shape index (κ2) is 6.16. The zero-order valence-corrected chi connectivity index (χ0v) is 13.1. The van der Waals surface area contributed by atoms with E-state index in [9.17, 15) is 4.79 Å². The van der Waals surface area contributed by atoms with Gasteiger partial charge in [0.25, 0.3) is 0 Å². The van der Waals surface area contributed by atoms with Crippen LogP contribution in [0.5, 0.6) is 0 Å². The van der Waals surface area contributed by atoms with E-state index in [1.807, 2.05) is 6.07 Å². The minimum Gasteiger partial charge on any atom is -0.384 e. The Hall–Kier alpha value is -1.39. The highest BCUT2D eigenvalue weighted by Gasteiger charge is 2.26. The average Bonchev–Trinajstić information content (AvgIpc) is 3.01. The van der Waals surface area contributed by atoms with Gasteiger partial charge in [-0.2, -0.15) is 0 Å². The van der Waals surface area contributed by atoms with Gasteiger partial charge >= 0.3 is 0 Å². The van der Waals surface area contributed by atoms with Crippen molar-refractivity contribution in [3.8, 4) is 0 Å². The molecular formula is C17H25N3O. The van der Waals surface area contributed by atoms with Gasteiger partial charge < -0.3 is 10.2 Å². The third kappa shape index (κ3) is 2.97. The van der Waals surface area contributed by atoms with Gasteiger partial charge in [0.2, 0.25) is 0 Å². The van der Waals surface area contributed by atoms with Crippen molar-refractivity contribution < 1.29 is 4.79 Å². The van der Waals surface area contributed by atoms with E-state index in [4.69, 9.17) is 0 Å². The Bertz CT molecular complexity index is 521. The summed E-state index contributed by atoms with van der Waals surface area (Å²) in [6, 6.07) is 6.09. The molecule has 4 heteroatoms. The number of likely N-dealkylation sites (N-methyl/N-ethyl adjacent to an activating group) is 1. The van der Waals surface area contributed by atoms with E-state index in [1.165, 1.54) is 11.3 Å². The largest absolute Gasteiger partial charge is 0.384 e. The third-order valence-corrected chi connectivity index (χ3v) is 4.88. The summed E-state index contributed by atoms with van der Waals surface area (Å²) in [5.41, 5.74) is 3.34. The number of carbonyl (C=O) groups is 1. The molecule has 1 N–H and O–H groups in total. The van der Waals surface area contributed by atoms with E-state index >= 15 is 0 Å². The molecular weight excluding hydrogens is 262 g/mol. The zero-order valence-electron chi connectivity index (χ0n) is 13.1. The van der Waals surface area contributed by atoms with Gasteiger partial charge in [-0.3, -0.25) is 9.69 Å². The van der Waals surface area contributed by atoms with E-state index in [0.29, 0.717) is 0 Å². The van der Waals surface area contributed by atoms with Crippen LogP contribution < -0.4 is 5.32 Å². The quantitative estimate of drug-likeness (QED) is 0.858. The highest BCUT2D eigenvalue weighted by atomic mass is 16.1. The fourth-order valence-corrected chi connectivity index (χ4v) is 3.33. The molecule has 1 saturated heterocycles. The maximum atomic E-state index is 12.7. The number of Topliss-reactive ketones (excluding diaryl/α,β-unsaturated/α-hetero) is 1. The Morgan fingerprint density at radius 1 is 1.29 bits per heavy atom. The molecule has 1 aromatic carbocycles. The molecule has 0 radical (unpaired) electrons. The molecule has 4 nitrogen and oxygen atoms in total. The molecule has 2 aliphatic heterocycles. The van der Waals surface area contributed by atoms with Crippen LogP contribution in [-0.2, 0) is 6.42 Å². The van der Waals surface area contributed by atoms with Crippen molar-refractivity contribution in [3.05, 3.63) is 29.3 Å². The fraction of sp³-hybridized carbons (Fsp3) is 0.588. The third-order valence-electron chi connectivity index (χ3n) is 4.88. The Morgan fingerprint density at radius 2 is 2.05 bits per heavy atom. The number of piperazine rings is 1. The van der Waals surface area contributed by atoms with Gasteiger partial charge in [-0.25, -0.2) is 0 Å². The van der Waals surface area contributed by atoms with Crippen molar-refractivity contribution in [1.29, 1.82) is 0 Å². The zero-order chi connectivity index (χ0) is 14.8. The van der Waals surface area contributed by atoms with Crippen LogP contribution in [0.15, 0.2) is 18.2 Å². The first-order chi connectivity index (χ1) is 10.2. The number of benzene rings is 1. The van der Waals surface area contributed by atoms with Crippen LogP contribution in [0.1, 0.15) is 29.8 Å². The monoisotopic (exact) mass is 287 g/mol. The first-order valence-corrected chi connectivity index (χ1v) is 8.06. The standard InChI is InChI=1S/C17H25N3O/c1-3-19-8-10-20(11-9-19)13(2)17(21)15-4-5-16-14(12-15)6-7-18-16/h4-5,12-13,18H,3,6-11H2,1-2H3. The Labute approximate surface area is 127 Å². The smallest absolute Gasteiger partial charge is 0.179 e. The summed E-state index contributed by atoms with van der Waals surface area (Å²) < 4.78 is 0. The molecule has 1 fully saturated rings. The molecule has 0 aliphatic carbocycles. The first kappa shape index (κ1) is 14.5. The summed E-state index contributed by atoms with van der Waals surface area (Å²) in [7, 11) is 0. The van der Waals surface area contributed by atoms with E-state index in [2.05, 4.69) is 41.1 Å². The van der Waals surface area contributed by atoms with Crippen LogP contribution >= 0.6 is 0 Å². The molecule has 2 heterocycles. The SMILES string of the molecule is CCN1CCN(C(C)C(=O)c2ccc3c(c2)CCN3)CC1. The van der Waals surface area contributed by atoms with Gasteiger partial charge in [-0.05, 0) is 43.7 Å². The van der Waals surface area contributed by atoms with Gasteiger partial charge in [-0.1, -0.05) is 6.92 Å². The highest BCUT2D eigenvalue weighted by molar-refractivity contribution is 6.00. The van der Waals surface area contributed by atoms with E-state index < -0.39 is 0 Å². The molecule has 0 aromatic heterocycles. The van der Waals surface area contributed by atoms with Crippen LogP contribution in [0, 0.1) is 0 Å².